The maximum atomic E-state index is 13.7. The molecule has 0 radical (unpaired) electrons. The largest absolute Gasteiger partial charge is 0.486 e. The summed E-state index contributed by atoms with van der Waals surface area (Å²) in [6.07, 6.45) is -0.923. The lowest BCUT2D eigenvalue weighted by atomic mass is 9.99. The summed E-state index contributed by atoms with van der Waals surface area (Å²) in [7, 11) is 0. The molecule has 0 aliphatic carbocycles. The highest BCUT2D eigenvalue weighted by Gasteiger charge is 2.21. The van der Waals surface area contributed by atoms with Crippen LogP contribution in [-0.2, 0) is 6.42 Å². The molecule has 1 N–H and O–H groups in total. The molecular formula is C16H14F2O3. The Hall–Kier alpha value is -2.14. The summed E-state index contributed by atoms with van der Waals surface area (Å²) >= 11 is 0. The Morgan fingerprint density at radius 3 is 2.71 bits per heavy atom. The fraction of sp³-hybridized carbons (Fsp3) is 0.250. The predicted octanol–water partition coefficient (Wildman–Crippen LogP) is 3.01. The van der Waals surface area contributed by atoms with E-state index in [4.69, 9.17) is 9.47 Å². The van der Waals surface area contributed by atoms with Gasteiger partial charge in [0.05, 0.1) is 6.10 Å². The van der Waals surface area contributed by atoms with Gasteiger partial charge in [0, 0.05) is 18.1 Å². The number of ether oxygens (including phenoxy) is 2. The summed E-state index contributed by atoms with van der Waals surface area (Å²) in [5, 5.41) is 10.3. The molecule has 0 saturated carbocycles. The van der Waals surface area contributed by atoms with Crippen LogP contribution in [0.15, 0.2) is 36.4 Å². The second-order valence-electron chi connectivity index (χ2n) is 4.83. The van der Waals surface area contributed by atoms with Gasteiger partial charge in [-0.1, -0.05) is 18.2 Å². The third kappa shape index (κ3) is 2.83. The molecule has 0 fully saturated rings. The summed E-state index contributed by atoms with van der Waals surface area (Å²) in [6, 6.07) is 8.52. The van der Waals surface area contributed by atoms with Crippen LogP contribution in [0.2, 0.25) is 0 Å². The molecular weight excluding hydrogens is 278 g/mol. The minimum absolute atomic E-state index is 0.0337. The first kappa shape index (κ1) is 13.8. The first-order chi connectivity index (χ1) is 10.1. The standard InChI is InChI=1S/C16H14F2O3/c17-11-5-4-10(13(18)9-11)8-14(19)12-2-1-3-15-16(12)21-7-6-20-15/h1-5,9,14,19H,6-8H2. The Kier molecular flexibility index (Phi) is 3.75. The molecule has 2 aromatic rings. The van der Waals surface area contributed by atoms with Gasteiger partial charge in [0.25, 0.3) is 0 Å². The first-order valence-electron chi connectivity index (χ1n) is 6.65. The number of benzene rings is 2. The van der Waals surface area contributed by atoms with E-state index in [2.05, 4.69) is 0 Å². The van der Waals surface area contributed by atoms with Crippen molar-refractivity contribution in [2.24, 2.45) is 0 Å². The zero-order chi connectivity index (χ0) is 14.8. The number of fused-ring (bicyclic) bond motifs is 1. The molecule has 1 heterocycles. The molecule has 3 nitrogen and oxygen atoms in total. The van der Waals surface area contributed by atoms with Gasteiger partial charge in [-0.25, -0.2) is 8.78 Å². The van der Waals surface area contributed by atoms with Crippen molar-refractivity contribution in [1.29, 1.82) is 0 Å². The van der Waals surface area contributed by atoms with E-state index < -0.39 is 17.7 Å². The van der Waals surface area contributed by atoms with Gasteiger partial charge in [-0.05, 0) is 17.7 Å². The van der Waals surface area contributed by atoms with Crippen LogP contribution in [-0.4, -0.2) is 18.3 Å². The summed E-state index contributed by atoms with van der Waals surface area (Å²) in [6.45, 7) is 0.862. The zero-order valence-corrected chi connectivity index (χ0v) is 11.2. The van der Waals surface area contributed by atoms with Crippen LogP contribution in [0.25, 0.3) is 0 Å². The van der Waals surface area contributed by atoms with Crippen molar-refractivity contribution in [3.8, 4) is 11.5 Å². The quantitative estimate of drug-likeness (QED) is 0.945. The summed E-state index contributed by atoms with van der Waals surface area (Å²) in [5.74, 6) is -0.258. The monoisotopic (exact) mass is 292 g/mol. The Labute approximate surface area is 120 Å². The van der Waals surface area contributed by atoms with Gasteiger partial charge in [0.15, 0.2) is 11.5 Å². The maximum absolute atomic E-state index is 13.7. The number of para-hydroxylation sites is 1. The summed E-state index contributed by atoms with van der Waals surface area (Å²) in [5.41, 5.74) is 0.786. The molecule has 0 amide bonds. The van der Waals surface area contributed by atoms with Crippen LogP contribution < -0.4 is 9.47 Å². The summed E-state index contributed by atoms with van der Waals surface area (Å²) < 4.78 is 37.5. The van der Waals surface area contributed by atoms with Crippen LogP contribution in [0.1, 0.15) is 17.2 Å². The molecule has 2 aromatic carbocycles. The fourth-order valence-corrected chi connectivity index (χ4v) is 2.36. The van der Waals surface area contributed by atoms with Crippen molar-refractivity contribution >= 4 is 0 Å². The highest BCUT2D eigenvalue weighted by Crippen LogP contribution is 2.38. The second-order valence-corrected chi connectivity index (χ2v) is 4.83. The third-order valence-electron chi connectivity index (χ3n) is 3.38. The van der Waals surface area contributed by atoms with Crippen LogP contribution >= 0.6 is 0 Å². The Bertz CT molecular complexity index is 658. The number of aliphatic hydroxyl groups excluding tert-OH is 1. The average molecular weight is 292 g/mol. The van der Waals surface area contributed by atoms with E-state index >= 15 is 0 Å². The van der Waals surface area contributed by atoms with Gasteiger partial charge < -0.3 is 14.6 Å². The third-order valence-corrected chi connectivity index (χ3v) is 3.38. The van der Waals surface area contributed by atoms with Crippen LogP contribution in [0.5, 0.6) is 11.5 Å². The minimum atomic E-state index is -0.957. The SMILES string of the molecule is OC(Cc1ccc(F)cc1F)c1cccc2c1OCCO2. The molecule has 1 atom stereocenters. The molecule has 0 bridgehead atoms. The number of aliphatic hydroxyl groups is 1. The number of halogens is 2. The summed E-state index contributed by atoms with van der Waals surface area (Å²) in [4.78, 5) is 0. The zero-order valence-electron chi connectivity index (χ0n) is 11.2. The number of hydrogen-bond donors (Lipinski definition) is 1. The average Bonchev–Trinajstić information content (AvgIpc) is 2.49. The van der Waals surface area contributed by atoms with E-state index in [1.165, 1.54) is 12.1 Å². The van der Waals surface area contributed by atoms with E-state index in [0.29, 0.717) is 30.3 Å². The van der Waals surface area contributed by atoms with E-state index in [1.807, 2.05) is 0 Å². The lowest BCUT2D eigenvalue weighted by molar-refractivity contribution is 0.145. The van der Waals surface area contributed by atoms with Gasteiger partial charge in [0.2, 0.25) is 0 Å². The number of hydrogen-bond acceptors (Lipinski definition) is 3. The van der Waals surface area contributed by atoms with Crippen LogP contribution in [0, 0.1) is 11.6 Å². The molecule has 0 saturated heterocycles. The van der Waals surface area contributed by atoms with Gasteiger partial charge >= 0.3 is 0 Å². The Morgan fingerprint density at radius 1 is 1.10 bits per heavy atom. The smallest absolute Gasteiger partial charge is 0.167 e. The second kappa shape index (κ2) is 5.69. The highest BCUT2D eigenvalue weighted by atomic mass is 19.1. The van der Waals surface area contributed by atoms with Crippen molar-refractivity contribution < 1.29 is 23.4 Å². The van der Waals surface area contributed by atoms with Gasteiger partial charge in [-0.15, -0.1) is 0 Å². The first-order valence-corrected chi connectivity index (χ1v) is 6.65. The fourth-order valence-electron chi connectivity index (χ4n) is 2.36. The van der Waals surface area contributed by atoms with E-state index in [0.717, 1.165) is 6.07 Å². The lowest BCUT2D eigenvalue weighted by Crippen LogP contribution is -2.17. The van der Waals surface area contributed by atoms with Gasteiger partial charge in [-0.2, -0.15) is 0 Å². The van der Waals surface area contributed by atoms with Gasteiger partial charge in [0.1, 0.15) is 24.8 Å². The molecule has 0 aromatic heterocycles. The molecule has 0 spiro atoms. The molecule has 5 heteroatoms. The van der Waals surface area contributed by atoms with Gasteiger partial charge in [-0.3, -0.25) is 0 Å². The van der Waals surface area contributed by atoms with Crippen molar-refractivity contribution in [3.63, 3.8) is 0 Å². The predicted molar refractivity (Wildman–Crippen MR) is 72.5 cm³/mol. The molecule has 3 rings (SSSR count). The Morgan fingerprint density at radius 2 is 1.90 bits per heavy atom. The molecule has 1 aliphatic rings. The minimum Gasteiger partial charge on any atom is -0.486 e. The van der Waals surface area contributed by atoms with Crippen molar-refractivity contribution in [1.82, 2.24) is 0 Å². The van der Waals surface area contributed by atoms with E-state index in [9.17, 15) is 13.9 Å². The van der Waals surface area contributed by atoms with Crippen molar-refractivity contribution in [3.05, 3.63) is 59.2 Å². The van der Waals surface area contributed by atoms with E-state index in [-0.39, 0.29) is 12.0 Å². The van der Waals surface area contributed by atoms with Crippen LogP contribution in [0.3, 0.4) is 0 Å². The molecule has 21 heavy (non-hydrogen) atoms. The molecule has 1 unspecified atom stereocenters. The molecule has 110 valence electrons. The van der Waals surface area contributed by atoms with Crippen molar-refractivity contribution in [2.75, 3.05) is 13.2 Å². The van der Waals surface area contributed by atoms with Crippen LogP contribution in [0.4, 0.5) is 8.78 Å². The van der Waals surface area contributed by atoms with Crippen molar-refractivity contribution in [2.45, 2.75) is 12.5 Å². The topological polar surface area (TPSA) is 38.7 Å². The Balaban J connectivity index is 1.87. The number of rotatable bonds is 3. The van der Waals surface area contributed by atoms with E-state index in [1.54, 1.807) is 18.2 Å². The molecule has 1 aliphatic heterocycles. The maximum Gasteiger partial charge on any atom is 0.167 e. The lowest BCUT2D eigenvalue weighted by Gasteiger charge is -2.23. The highest BCUT2D eigenvalue weighted by molar-refractivity contribution is 5.48. The normalized spacial score (nSPS) is 14.8.